The Bertz CT molecular complexity index is 1030. The summed E-state index contributed by atoms with van der Waals surface area (Å²) in [5.74, 6) is 0.433. The minimum atomic E-state index is -3.67. The molecule has 0 aliphatic heterocycles. The molecule has 3 heterocycles. The zero-order chi connectivity index (χ0) is 23.2. The fraction of sp³-hybridized carbons (Fsp3) is 0.333. The van der Waals surface area contributed by atoms with Crippen LogP contribution in [0.5, 0.6) is 0 Å². The van der Waals surface area contributed by atoms with Gasteiger partial charge in [0.25, 0.3) is 20.2 Å². The van der Waals surface area contributed by atoms with Crippen LogP contribution in [0, 0.1) is 0 Å². The molecule has 15 heteroatoms. The first kappa shape index (κ1) is 27.3. The highest BCUT2D eigenvalue weighted by molar-refractivity contribution is 7.85. The maximum Gasteiger partial charge on any atom is 0.261 e. The van der Waals surface area contributed by atoms with E-state index in [1.165, 1.54) is 12.7 Å². The zero-order valence-electron chi connectivity index (χ0n) is 16.6. The second kappa shape index (κ2) is 13.5. The summed E-state index contributed by atoms with van der Waals surface area (Å²) in [5.41, 5.74) is 7.93. The van der Waals surface area contributed by atoms with Gasteiger partial charge in [0.2, 0.25) is 0 Å². The molecule has 0 unspecified atom stereocenters. The van der Waals surface area contributed by atoms with Crippen LogP contribution in [-0.4, -0.2) is 77.0 Å². The molecule has 0 radical (unpaired) electrons. The van der Waals surface area contributed by atoms with Crippen LogP contribution in [0.3, 0.4) is 0 Å². The third-order valence-electron chi connectivity index (χ3n) is 2.61. The molecule has 0 aliphatic carbocycles. The quantitative estimate of drug-likeness (QED) is 0.319. The van der Waals surface area contributed by atoms with Crippen molar-refractivity contribution in [2.75, 3.05) is 31.8 Å². The predicted octanol–water partition coefficient (Wildman–Crippen LogP) is -0.213. The number of aromatic nitrogens is 5. The smallest absolute Gasteiger partial charge is 0.261 e. The predicted molar refractivity (Wildman–Crippen MR) is 113 cm³/mol. The molecule has 0 atom stereocenters. The summed E-state index contributed by atoms with van der Waals surface area (Å²) in [6, 6.07) is 5.98. The van der Waals surface area contributed by atoms with Crippen LogP contribution in [0.1, 0.15) is 5.69 Å². The van der Waals surface area contributed by atoms with Crippen molar-refractivity contribution in [3.63, 3.8) is 0 Å². The molecular formula is C15H25N7O6S2. The summed E-state index contributed by atoms with van der Waals surface area (Å²) in [7, 11) is -5.39. The van der Waals surface area contributed by atoms with Crippen molar-refractivity contribution in [1.29, 1.82) is 0 Å². The topological polar surface area (TPSA) is 214 Å². The standard InChI is InChI=1S/C8H12N2.C5H5N5.2CH4O3S/c1-9-7-5-8-4-2-3-6-10-8;6-4-3-5(9-1-7-3)10-2-8-4;2*1-5(2,3)4/h2-4,6,9H,5,7H2,1H3;1-2H,(H3,6,7,8,9,10);2*1H3,(H,2,3,4). The van der Waals surface area contributed by atoms with E-state index in [-0.39, 0.29) is 0 Å². The lowest BCUT2D eigenvalue weighted by Gasteiger charge is -1.96. The Hall–Kier alpha value is -2.72. The van der Waals surface area contributed by atoms with Crippen LogP contribution in [-0.2, 0) is 26.7 Å². The molecule has 3 rings (SSSR count). The molecule has 0 spiro atoms. The van der Waals surface area contributed by atoms with E-state index in [0.29, 0.717) is 29.5 Å². The lowest BCUT2D eigenvalue weighted by molar-refractivity contribution is 0.488. The highest BCUT2D eigenvalue weighted by atomic mass is 32.2. The Kier molecular flexibility index (Phi) is 12.3. The van der Waals surface area contributed by atoms with Crippen LogP contribution < -0.4 is 11.1 Å². The van der Waals surface area contributed by atoms with Gasteiger partial charge in [-0.05, 0) is 19.2 Å². The molecule has 3 aromatic rings. The Morgan fingerprint density at radius 2 is 1.63 bits per heavy atom. The van der Waals surface area contributed by atoms with Crippen molar-refractivity contribution in [2.45, 2.75) is 6.42 Å². The van der Waals surface area contributed by atoms with Gasteiger partial charge < -0.3 is 16.0 Å². The van der Waals surface area contributed by atoms with Crippen molar-refractivity contribution in [3.8, 4) is 0 Å². The molecule has 0 saturated carbocycles. The van der Waals surface area contributed by atoms with Gasteiger partial charge >= 0.3 is 0 Å². The summed E-state index contributed by atoms with van der Waals surface area (Å²) in [4.78, 5) is 18.5. The molecule has 0 bridgehead atoms. The number of H-pyrrole nitrogens is 1. The van der Waals surface area contributed by atoms with Crippen molar-refractivity contribution in [1.82, 2.24) is 30.2 Å². The van der Waals surface area contributed by atoms with Crippen LogP contribution in [0.2, 0.25) is 0 Å². The highest BCUT2D eigenvalue weighted by Gasteiger charge is 1.99. The van der Waals surface area contributed by atoms with Crippen LogP contribution in [0.4, 0.5) is 5.82 Å². The van der Waals surface area contributed by atoms with Gasteiger partial charge in [0.1, 0.15) is 11.8 Å². The number of hydrogen-bond acceptors (Lipinski definition) is 10. The van der Waals surface area contributed by atoms with Crippen LogP contribution >= 0.6 is 0 Å². The van der Waals surface area contributed by atoms with Crippen molar-refractivity contribution in [3.05, 3.63) is 42.7 Å². The van der Waals surface area contributed by atoms with Gasteiger partial charge in [-0.2, -0.15) is 16.8 Å². The number of nitrogen functional groups attached to an aromatic ring is 1. The number of imidazole rings is 1. The molecule has 0 fully saturated rings. The number of pyridine rings is 1. The van der Waals surface area contributed by atoms with Gasteiger partial charge in [0.15, 0.2) is 11.5 Å². The second-order valence-electron chi connectivity index (χ2n) is 5.50. The lowest BCUT2D eigenvalue weighted by atomic mass is 10.3. The fourth-order valence-electron chi connectivity index (χ4n) is 1.58. The van der Waals surface area contributed by atoms with E-state index in [1.807, 2.05) is 31.4 Å². The first-order valence-electron chi connectivity index (χ1n) is 8.10. The van der Waals surface area contributed by atoms with E-state index in [9.17, 15) is 16.8 Å². The van der Waals surface area contributed by atoms with E-state index in [4.69, 9.17) is 14.8 Å². The summed E-state index contributed by atoms with van der Waals surface area (Å²) in [6.45, 7) is 0.997. The van der Waals surface area contributed by atoms with E-state index >= 15 is 0 Å². The molecular weight excluding hydrogens is 438 g/mol. The molecule has 0 aliphatic rings. The Morgan fingerprint density at radius 1 is 1.03 bits per heavy atom. The lowest BCUT2D eigenvalue weighted by Crippen LogP contribution is -2.10. The Balaban J connectivity index is 0.000000397. The molecule has 6 N–H and O–H groups in total. The number of aromatic amines is 1. The molecule has 13 nitrogen and oxygen atoms in total. The number of nitrogens with two attached hydrogens (primary N) is 1. The fourth-order valence-corrected chi connectivity index (χ4v) is 1.58. The number of anilines is 1. The third kappa shape index (κ3) is 17.4. The van der Waals surface area contributed by atoms with Gasteiger partial charge in [-0.1, -0.05) is 6.07 Å². The van der Waals surface area contributed by atoms with E-state index in [2.05, 4.69) is 30.2 Å². The Labute approximate surface area is 174 Å². The van der Waals surface area contributed by atoms with Crippen LogP contribution in [0.25, 0.3) is 11.2 Å². The first-order chi connectivity index (χ1) is 13.8. The van der Waals surface area contributed by atoms with E-state index < -0.39 is 20.2 Å². The minimum absolute atomic E-state index is 0.433. The van der Waals surface area contributed by atoms with Gasteiger partial charge in [0.05, 0.1) is 18.8 Å². The summed E-state index contributed by atoms with van der Waals surface area (Å²) < 4.78 is 51.7. The van der Waals surface area contributed by atoms with Gasteiger partial charge in [-0.3, -0.25) is 14.1 Å². The molecule has 3 aromatic heterocycles. The maximum absolute atomic E-state index is 9.19. The first-order valence-corrected chi connectivity index (χ1v) is 11.8. The van der Waals surface area contributed by atoms with Crippen molar-refractivity contribution >= 4 is 37.2 Å². The largest absolute Gasteiger partial charge is 0.382 e. The second-order valence-corrected chi connectivity index (χ2v) is 8.43. The van der Waals surface area contributed by atoms with Crippen molar-refractivity contribution in [2.24, 2.45) is 0 Å². The van der Waals surface area contributed by atoms with Crippen molar-refractivity contribution < 1.29 is 25.9 Å². The summed E-state index contributed by atoms with van der Waals surface area (Å²) >= 11 is 0. The van der Waals surface area contributed by atoms with E-state index in [1.54, 1.807) is 0 Å². The monoisotopic (exact) mass is 463 g/mol. The van der Waals surface area contributed by atoms with Gasteiger partial charge in [-0.15, -0.1) is 0 Å². The summed E-state index contributed by atoms with van der Waals surface area (Å²) in [5, 5.41) is 3.08. The van der Waals surface area contributed by atoms with E-state index in [0.717, 1.165) is 18.7 Å². The molecule has 0 amide bonds. The normalized spacial score (nSPS) is 10.6. The molecule has 30 heavy (non-hydrogen) atoms. The number of likely N-dealkylation sites (N-methyl/N-ethyl adjacent to an activating group) is 1. The maximum atomic E-state index is 9.19. The third-order valence-corrected chi connectivity index (χ3v) is 2.61. The number of nitrogens with one attached hydrogen (secondary N) is 2. The number of hydrogen-bond donors (Lipinski definition) is 5. The minimum Gasteiger partial charge on any atom is -0.382 e. The average molecular weight is 464 g/mol. The average Bonchev–Trinajstić information content (AvgIpc) is 3.09. The number of nitrogens with zero attached hydrogens (tertiary/aromatic N) is 4. The highest BCUT2D eigenvalue weighted by Crippen LogP contribution is 2.09. The zero-order valence-corrected chi connectivity index (χ0v) is 18.2. The Morgan fingerprint density at radius 3 is 2.10 bits per heavy atom. The molecule has 168 valence electrons. The SMILES string of the molecule is CNCCc1ccccn1.CS(=O)(=O)O.CS(=O)(=O)O.Nc1ncnc2nc[nH]c12. The number of fused-ring (bicyclic) bond motifs is 1. The summed E-state index contributed by atoms with van der Waals surface area (Å²) in [6.07, 6.45) is 7.19. The van der Waals surface area contributed by atoms with Gasteiger partial charge in [-0.25, -0.2) is 15.0 Å². The molecule has 0 saturated heterocycles. The van der Waals surface area contributed by atoms with Crippen LogP contribution in [0.15, 0.2) is 37.1 Å². The molecule has 0 aromatic carbocycles. The van der Waals surface area contributed by atoms with Gasteiger partial charge in [0, 0.05) is 24.9 Å². The number of rotatable bonds is 3.